The predicted octanol–water partition coefficient (Wildman–Crippen LogP) is 3.86. The van der Waals surface area contributed by atoms with Gasteiger partial charge in [0.2, 0.25) is 11.8 Å². The number of carbonyl (C=O) groups is 2. The average molecular weight is 400 g/mol. The van der Waals surface area contributed by atoms with Gasteiger partial charge in [0.05, 0.1) is 19.3 Å². The maximum Gasteiger partial charge on any atom is 0.244 e. The van der Waals surface area contributed by atoms with Gasteiger partial charge in [0, 0.05) is 35.6 Å². The van der Waals surface area contributed by atoms with Gasteiger partial charge in [0.1, 0.15) is 5.75 Å². The molecule has 0 spiro atoms. The second kappa shape index (κ2) is 8.80. The molecular formula is C21H22ClN3O3. The van der Waals surface area contributed by atoms with Crippen molar-refractivity contribution in [2.24, 2.45) is 0 Å². The number of aromatic nitrogens is 1. The van der Waals surface area contributed by atoms with Crippen LogP contribution in [0.4, 0.5) is 5.69 Å². The quantitative estimate of drug-likeness (QED) is 0.633. The van der Waals surface area contributed by atoms with Crippen LogP contribution >= 0.6 is 11.6 Å². The van der Waals surface area contributed by atoms with E-state index in [0.717, 1.165) is 16.5 Å². The number of likely N-dealkylation sites (N-methyl/N-ethyl adjacent to an activating group) is 1. The molecule has 2 aromatic carbocycles. The molecule has 0 aliphatic rings. The number of rotatable bonds is 7. The minimum atomic E-state index is -0.316. The van der Waals surface area contributed by atoms with E-state index in [1.165, 1.54) is 12.0 Å². The molecule has 3 rings (SSSR count). The van der Waals surface area contributed by atoms with Crippen molar-refractivity contribution in [3.05, 3.63) is 59.2 Å². The van der Waals surface area contributed by atoms with Gasteiger partial charge in [-0.15, -0.1) is 0 Å². The number of benzene rings is 2. The Balaban J connectivity index is 1.55. The fourth-order valence-corrected chi connectivity index (χ4v) is 3.21. The van der Waals surface area contributed by atoms with Gasteiger partial charge < -0.3 is 19.9 Å². The molecule has 1 heterocycles. The molecule has 0 unspecified atom stereocenters. The first-order chi connectivity index (χ1) is 13.5. The molecule has 0 saturated heterocycles. The zero-order valence-electron chi connectivity index (χ0n) is 15.8. The number of anilines is 1. The molecule has 2 N–H and O–H groups in total. The Morgan fingerprint density at radius 1 is 1.21 bits per heavy atom. The Kier molecular flexibility index (Phi) is 6.21. The van der Waals surface area contributed by atoms with Gasteiger partial charge in [-0.05, 0) is 36.2 Å². The zero-order valence-corrected chi connectivity index (χ0v) is 16.5. The highest BCUT2D eigenvalue weighted by molar-refractivity contribution is 6.31. The van der Waals surface area contributed by atoms with Crippen molar-refractivity contribution < 1.29 is 14.3 Å². The molecule has 146 valence electrons. The number of aromatic amines is 1. The number of H-pyrrole nitrogens is 1. The van der Waals surface area contributed by atoms with Gasteiger partial charge >= 0.3 is 0 Å². The summed E-state index contributed by atoms with van der Waals surface area (Å²) >= 11 is 5.97. The third-order valence-corrected chi connectivity index (χ3v) is 4.76. The number of para-hydroxylation sites is 1. The third kappa shape index (κ3) is 4.64. The summed E-state index contributed by atoms with van der Waals surface area (Å²) in [6, 6.07) is 12.9. The summed E-state index contributed by atoms with van der Waals surface area (Å²) < 4.78 is 5.21. The van der Waals surface area contributed by atoms with Gasteiger partial charge in [-0.2, -0.15) is 0 Å². The van der Waals surface area contributed by atoms with Crippen molar-refractivity contribution in [2.45, 2.75) is 12.8 Å². The molecule has 0 aliphatic heterocycles. The number of amides is 2. The number of hydrogen-bond acceptors (Lipinski definition) is 3. The van der Waals surface area contributed by atoms with Crippen molar-refractivity contribution in [2.75, 3.05) is 26.0 Å². The molecule has 0 aliphatic carbocycles. The molecular weight excluding hydrogens is 378 g/mol. The lowest BCUT2D eigenvalue weighted by atomic mass is 10.1. The predicted molar refractivity (Wildman–Crippen MR) is 111 cm³/mol. The maximum atomic E-state index is 12.4. The zero-order chi connectivity index (χ0) is 20.1. The van der Waals surface area contributed by atoms with Crippen LogP contribution in [0.3, 0.4) is 0 Å². The number of ether oxygens (including phenoxy) is 1. The van der Waals surface area contributed by atoms with Crippen molar-refractivity contribution in [3.63, 3.8) is 0 Å². The van der Waals surface area contributed by atoms with Gasteiger partial charge in [-0.1, -0.05) is 29.8 Å². The molecule has 1 aromatic heterocycles. The van der Waals surface area contributed by atoms with E-state index in [1.54, 1.807) is 25.2 Å². The molecule has 0 radical (unpaired) electrons. The van der Waals surface area contributed by atoms with E-state index < -0.39 is 0 Å². The van der Waals surface area contributed by atoms with Gasteiger partial charge in [-0.25, -0.2) is 0 Å². The smallest absolute Gasteiger partial charge is 0.244 e. The lowest BCUT2D eigenvalue weighted by Crippen LogP contribution is -2.35. The van der Waals surface area contributed by atoms with E-state index >= 15 is 0 Å². The number of nitrogens with one attached hydrogen (secondary N) is 2. The van der Waals surface area contributed by atoms with E-state index in [-0.39, 0.29) is 18.4 Å². The molecule has 6 nitrogen and oxygen atoms in total. The largest absolute Gasteiger partial charge is 0.495 e. The van der Waals surface area contributed by atoms with E-state index in [4.69, 9.17) is 16.3 Å². The molecule has 3 aromatic rings. The monoisotopic (exact) mass is 399 g/mol. The van der Waals surface area contributed by atoms with Crippen LogP contribution in [0.15, 0.2) is 48.7 Å². The molecule has 0 fully saturated rings. The second-order valence-electron chi connectivity index (χ2n) is 6.50. The molecule has 0 saturated carbocycles. The minimum absolute atomic E-state index is 0.0532. The number of aryl methyl sites for hydroxylation is 1. The topological polar surface area (TPSA) is 74.4 Å². The van der Waals surface area contributed by atoms with Crippen LogP contribution in [0.5, 0.6) is 5.75 Å². The number of fused-ring (bicyclic) bond motifs is 1. The molecule has 7 heteroatoms. The molecule has 0 atom stereocenters. The van der Waals surface area contributed by atoms with Gasteiger partial charge in [-0.3, -0.25) is 9.59 Å². The number of halogens is 1. The summed E-state index contributed by atoms with van der Waals surface area (Å²) in [6.07, 6.45) is 2.86. The fraction of sp³-hybridized carbons (Fsp3) is 0.238. The van der Waals surface area contributed by atoms with Crippen LogP contribution in [0.1, 0.15) is 12.0 Å². The summed E-state index contributed by atoms with van der Waals surface area (Å²) in [7, 11) is 3.13. The summed E-state index contributed by atoms with van der Waals surface area (Å²) in [5.74, 6) is 0.0908. The minimum Gasteiger partial charge on any atom is -0.495 e. The third-order valence-electron chi connectivity index (χ3n) is 4.53. The Hall–Kier alpha value is -2.99. The number of carbonyl (C=O) groups excluding carboxylic acids is 2. The van der Waals surface area contributed by atoms with Crippen molar-refractivity contribution >= 4 is 40.0 Å². The van der Waals surface area contributed by atoms with Crippen LogP contribution < -0.4 is 10.1 Å². The summed E-state index contributed by atoms with van der Waals surface area (Å²) in [5.41, 5.74) is 2.61. The van der Waals surface area contributed by atoms with E-state index in [1.807, 2.05) is 30.5 Å². The van der Waals surface area contributed by atoms with E-state index in [0.29, 0.717) is 29.3 Å². The Labute approximate surface area is 168 Å². The van der Waals surface area contributed by atoms with Crippen molar-refractivity contribution in [1.82, 2.24) is 9.88 Å². The average Bonchev–Trinajstić information content (AvgIpc) is 3.09. The summed E-state index contributed by atoms with van der Waals surface area (Å²) in [5, 5.41) is 4.33. The Morgan fingerprint density at radius 2 is 2.00 bits per heavy atom. The number of hydrogen-bond donors (Lipinski definition) is 2. The van der Waals surface area contributed by atoms with Crippen LogP contribution in [0, 0.1) is 0 Å². The highest BCUT2D eigenvalue weighted by Crippen LogP contribution is 2.27. The summed E-state index contributed by atoms with van der Waals surface area (Å²) in [4.78, 5) is 29.4. The Bertz CT molecular complexity index is 999. The first kappa shape index (κ1) is 19.8. The summed E-state index contributed by atoms with van der Waals surface area (Å²) in [6.45, 7) is -0.0532. The van der Waals surface area contributed by atoms with E-state index in [2.05, 4.69) is 10.3 Å². The SMILES string of the molecule is COc1ccc(Cl)cc1NC(=O)CN(C)C(=O)CCc1c[nH]c2ccccc12. The van der Waals surface area contributed by atoms with Crippen molar-refractivity contribution in [3.8, 4) is 5.75 Å². The van der Waals surface area contributed by atoms with Crippen LogP contribution in [0.25, 0.3) is 10.9 Å². The molecule has 0 bridgehead atoms. The fourth-order valence-electron chi connectivity index (χ4n) is 3.04. The van der Waals surface area contributed by atoms with Crippen LogP contribution in [-0.4, -0.2) is 42.4 Å². The molecule has 28 heavy (non-hydrogen) atoms. The van der Waals surface area contributed by atoms with Gasteiger partial charge in [0.25, 0.3) is 0 Å². The highest BCUT2D eigenvalue weighted by atomic mass is 35.5. The van der Waals surface area contributed by atoms with Crippen LogP contribution in [0.2, 0.25) is 5.02 Å². The van der Waals surface area contributed by atoms with E-state index in [9.17, 15) is 9.59 Å². The lowest BCUT2D eigenvalue weighted by molar-refractivity contribution is -0.133. The van der Waals surface area contributed by atoms with Crippen molar-refractivity contribution in [1.29, 1.82) is 0 Å². The van der Waals surface area contributed by atoms with Crippen LogP contribution in [-0.2, 0) is 16.0 Å². The second-order valence-corrected chi connectivity index (χ2v) is 6.94. The number of methoxy groups -OCH3 is 1. The highest BCUT2D eigenvalue weighted by Gasteiger charge is 2.15. The Morgan fingerprint density at radius 3 is 2.79 bits per heavy atom. The first-order valence-electron chi connectivity index (χ1n) is 8.90. The normalized spacial score (nSPS) is 10.7. The molecule has 2 amide bonds. The lowest BCUT2D eigenvalue weighted by Gasteiger charge is -2.17. The standard InChI is InChI=1S/C21H22ClN3O3/c1-25(13-20(26)24-18-11-15(22)8-9-19(18)28-2)21(27)10-7-14-12-23-17-6-4-3-5-16(14)17/h3-6,8-9,11-12,23H,7,10,13H2,1-2H3,(H,24,26). The van der Waals surface area contributed by atoms with Gasteiger partial charge in [0.15, 0.2) is 0 Å². The maximum absolute atomic E-state index is 12.4. The number of nitrogens with zero attached hydrogens (tertiary/aromatic N) is 1. The first-order valence-corrected chi connectivity index (χ1v) is 9.28.